The third kappa shape index (κ3) is 9.98. The van der Waals surface area contributed by atoms with Gasteiger partial charge in [0.1, 0.15) is 18.3 Å². The van der Waals surface area contributed by atoms with Gasteiger partial charge in [-0.15, -0.1) is 0 Å². The molecule has 0 heterocycles. The van der Waals surface area contributed by atoms with Gasteiger partial charge in [0.2, 0.25) is 11.8 Å². The molecule has 0 aromatic heterocycles. The van der Waals surface area contributed by atoms with Crippen LogP contribution in [0.2, 0.25) is 10.0 Å². The number of anilines is 1. The van der Waals surface area contributed by atoms with Crippen molar-refractivity contribution >= 4 is 66.7 Å². The summed E-state index contributed by atoms with van der Waals surface area (Å²) in [5, 5.41) is 3.61. The Morgan fingerprint density at radius 2 is 1.54 bits per heavy atom. The van der Waals surface area contributed by atoms with Crippen LogP contribution in [0.4, 0.5) is 5.69 Å². The molecule has 0 spiro atoms. The van der Waals surface area contributed by atoms with Gasteiger partial charge in [-0.05, 0) is 84.6 Å². The number of sulfonamides is 1. The summed E-state index contributed by atoms with van der Waals surface area (Å²) in [6, 6.07) is 26.0. The highest BCUT2D eigenvalue weighted by Gasteiger charge is 2.34. The summed E-state index contributed by atoms with van der Waals surface area (Å²) in [6.07, 6.45) is 0.195. The number of ether oxygens (including phenoxy) is 1. The lowest BCUT2D eigenvalue weighted by Gasteiger charge is -2.34. The molecule has 4 aromatic rings. The van der Waals surface area contributed by atoms with Crippen LogP contribution in [-0.2, 0) is 32.6 Å². The van der Waals surface area contributed by atoms with Gasteiger partial charge in [-0.25, -0.2) is 8.42 Å². The van der Waals surface area contributed by atoms with Crippen LogP contribution in [0.25, 0.3) is 0 Å². The molecule has 254 valence electrons. The van der Waals surface area contributed by atoms with E-state index in [1.165, 1.54) is 17.0 Å². The zero-order valence-corrected chi connectivity index (χ0v) is 30.8. The van der Waals surface area contributed by atoms with Crippen molar-refractivity contribution in [3.05, 3.63) is 123 Å². The van der Waals surface area contributed by atoms with Crippen LogP contribution in [0.1, 0.15) is 31.9 Å². The van der Waals surface area contributed by atoms with Crippen molar-refractivity contribution in [1.29, 1.82) is 0 Å². The Morgan fingerprint density at radius 3 is 2.15 bits per heavy atom. The summed E-state index contributed by atoms with van der Waals surface area (Å²) < 4.78 is 35.8. The highest BCUT2D eigenvalue weighted by atomic mass is 79.9. The molecule has 0 bridgehead atoms. The van der Waals surface area contributed by atoms with Crippen LogP contribution in [0.5, 0.6) is 5.75 Å². The average Bonchev–Trinajstić information content (AvgIpc) is 3.06. The molecule has 0 saturated heterocycles. The average molecular weight is 776 g/mol. The maximum atomic E-state index is 14.6. The number of carbonyl (C=O) groups is 2. The van der Waals surface area contributed by atoms with Crippen LogP contribution in [0, 0.1) is 5.92 Å². The molecular weight excluding hydrogens is 737 g/mol. The summed E-state index contributed by atoms with van der Waals surface area (Å²) >= 11 is 15.9. The van der Waals surface area contributed by atoms with Gasteiger partial charge >= 0.3 is 0 Å². The van der Waals surface area contributed by atoms with E-state index in [4.69, 9.17) is 27.9 Å². The minimum atomic E-state index is -4.25. The molecule has 0 fully saturated rings. The van der Waals surface area contributed by atoms with E-state index in [-0.39, 0.29) is 35.4 Å². The van der Waals surface area contributed by atoms with Gasteiger partial charge < -0.3 is 15.0 Å². The molecule has 12 heteroatoms. The predicted molar refractivity (Wildman–Crippen MR) is 195 cm³/mol. The summed E-state index contributed by atoms with van der Waals surface area (Å²) in [7, 11) is -4.25. The van der Waals surface area contributed by atoms with Crippen molar-refractivity contribution in [2.45, 2.75) is 44.7 Å². The second-order valence-electron chi connectivity index (χ2n) is 11.5. The van der Waals surface area contributed by atoms with Crippen molar-refractivity contribution in [2.24, 2.45) is 5.92 Å². The van der Waals surface area contributed by atoms with E-state index in [0.29, 0.717) is 39.0 Å². The molecule has 1 atom stereocenters. The minimum Gasteiger partial charge on any atom is -0.494 e. The van der Waals surface area contributed by atoms with Gasteiger partial charge in [-0.1, -0.05) is 89.4 Å². The summed E-state index contributed by atoms with van der Waals surface area (Å²) in [5.41, 5.74) is 1.71. The van der Waals surface area contributed by atoms with Gasteiger partial charge in [0.05, 0.1) is 27.2 Å². The number of rotatable bonds is 15. The zero-order chi connectivity index (χ0) is 34.8. The van der Waals surface area contributed by atoms with E-state index < -0.39 is 28.5 Å². The number of nitrogens with zero attached hydrogens (tertiary/aromatic N) is 2. The summed E-state index contributed by atoms with van der Waals surface area (Å²) in [5.74, 6) is -0.225. The fourth-order valence-electron chi connectivity index (χ4n) is 4.95. The molecule has 8 nitrogen and oxygen atoms in total. The molecule has 0 aliphatic heterocycles. The third-order valence-electron chi connectivity index (χ3n) is 7.41. The van der Waals surface area contributed by atoms with Gasteiger partial charge in [-0.3, -0.25) is 13.9 Å². The quantitative estimate of drug-likeness (QED) is 0.133. The first-order valence-electron chi connectivity index (χ1n) is 15.4. The maximum Gasteiger partial charge on any atom is 0.264 e. The lowest BCUT2D eigenvalue weighted by molar-refractivity contribution is -0.140. The number of benzene rings is 4. The van der Waals surface area contributed by atoms with Gasteiger partial charge in [0.15, 0.2) is 0 Å². The monoisotopic (exact) mass is 773 g/mol. The molecule has 48 heavy (non-hydrogen) atoms. The molecule has 0 aliphatic rings. The molecule has 0 unspecified atom stereocenters. The van der Waals surface area contributed by atoms with Crippen molar-refractivity contribution in [3.63, 3.8) is 0 Å². The van der Waals surface area contributed by atoms with Gasteiger partial charge in [0.25, 0.3) is 10.0 Å². The van der Waals surface area contributed by atoms with E-state index in [2.05, 4.69) is 21.2 Å². The Balaban J connectivity index is 1.81. The number of hydrogen-bond acceptors (Lipinski definition) is 5. The van der Waals surface area contributed by atoms with Crippen molar-refractivity contribution < 1.29 is 22.7 Å². The smallest absolute Gasteiger partial charge is 0.264 e. The number of halogens is 3. The predicted octanol–water partition coefficient (Wildman–Crippen LogP) is 7.76. The zero-order valence-electron chi connectivity index (χ0n) is 26.9. The Labute approximate surface area is 301 Å². The molecule has 0 aliphatic carbocycles. The molecule has 4 rings (SSSR count). The van der Waals surface area contributed by atoms with E-state index in [0.717, 1.165) is 9.87 Å². The fraction of sp³-hybridized carbons (Fsp3) is 0.278. The Morgan fingerprint density at radius 1 is 0.875 bits per heavy atom. The van der Waals surface area contributed by atoms with E-state index in [1.54, 1.807) is 54.6 Å². The Hall–Kier alpha value is -3.57. The highest BCUT2D eigenvalue weighted by molar-refractivity contribution is 9.10. The lowest BCUT2D eigenvalue weighted by atomic mass is 10.0. The van der Waals surface area contributed by atoms with E-state index in [9.17, 15) is 18.0 Å². The number of hydrogen-bond donors (Lipinski definition) is 1. The molecule has 4 aromatic carbocycles. The SMILES string of the molecule is CCOc1ccc(N(CC(=O)N(Cc2ccc(Cl)c(Cl)c2)[C@H](Cc2ccccc2)C(=O)NCC(C)C)S(=O)(=O)c2ccc(Br)cc2)cc1. The topological polar surface area (TPSA) is 96.0 Å². The molecule has 0 radical (unpaired) electrons. The first kappa shape index (κ1) is 37.3. The first-order chi connectivity index (χ1) is 22.9. The fourth-order valence-corrected chi connectivity index (χ4v) is 6.95. The van der Waals surface area contributed by atoms with Crippen LogP contribution in [-0.4, -0.2) is 50.9 Å². The third-order valence-corrected chi connectivity index (χ3v) is 10.5. The van der Waals surface area contributed by atoms with E-state index in [1.807, 2.05) is 51.1 Å². The standard InChI is InChI=1S/C36H38BrCl2N3O5S/c1-4-47-30-15-13-29(14-16-30)42(48(45,46)31-17-11-28(37)12-18-31)24-35(43)41(23-27-10-19-32(38)33(39)20-27)34(36(44)40-22-25(2)3)21-26-8-6-5-7-9-26/h5-20,25,34H,4,21-24H2,1-3H3,(H,40,44)/t34-/m1/s1. The number of nitrogens with one attached hydrogen (secondary N) is 1. The Bertz CT molecular complexity index is 1790. The van der Waals surface area contributed by atoms with Crippen LogP contribution >= 0.6 is 39.1 Å². The number of amides is 2. The normalized spacial score (nSPS) is 12.0. The molecule has 0 saturated carbocycles. The highest BCUT2D eigenvalue weighted by Crippen LogP contribution is 2.29. The second-order valence-corrected chi connectivity index (χ2v) is 15.1. The maximum absolute atomic E-state index is 14.6. The molecule has 2 amide bonds. The number of carbonyl (C=O) groups excluding carboxylic acids is 2. The second kappa shape index (κ2) is 17.2. The van der Waals surface area contributed by atoms with Gasteiger partial charge in [0, 0.05) is 24.0 Å². The molecule has 1 N–H and O–H groups in total. The largest absolute Gasteiger partial charge is 0.494 e. The lowest BCUT2D eigenvalue weighted by Crippen LogP contribution is -2.53. The summed E-state index contributed by atoms with van der Waals surface area (Å²) in [6.45, 7) is 6.02. The van der Waals surface area contributed by atoms with E-state index >= 15 is 0 Å². The van der Waals surface area contributed by atoms with Crippen LogP contribution in [0.15, 0.2) is 106 Å². The Kier molecular flexibility index (Phi) is 13.3. The first-order valence-corrected chi connectivity index (χ1v) is 18.4. The van der Waals surface area contributed by atoms with Crippen molar-refractivity contribution in [1.82, 2.24) is 10.2 Å². The van der Waals surface area contributed by atoms with Gasteiger partial charge in [-0.2, -0.15) is 0 Å². The van der Waals surface area contributed by atoms with Crippen LogP contribution in [0.3, 0.4) is 0 Å². The van der Waals surface area contributed by atoms with Crippen molar-refractivity contribution in [2.75, 3.05) is 24.0 Å². The van der Waals surface area contributed by atoms with Crippen LogP contribution < -0.4 is 14.4 Å². The van der Waals surface area contributed by atoms with Crippen molar-refractivity contribution in [3.8, 4) is 5.75 Å². The molecular formula is C36H38BrCl2N3O5S. The summed E-state index contributed by atoms with van der Waals surface area (Å²) in [4.78, 5) is 29.9. The minimum absolute atomic E-state index is 0.000991.